The molecule has 3 unspecified atom stereocenters. The van der Waals surface area contributed by atoms with Crippen LogP contribution in [-0.4, -0.2) is 35.0 Å². The molecular weight excluding hydrogens is 276 g/mol. The number of nitrogens with zero attached hydrogens (tertiary/aromatic N) is 1. The highest BCUT2D eigenvalue weighted by Gasteiger charge is 2.25. The summed E-state index contributed by atoms with van der Waals surface area (Å²) in [5.74, 6) is 1.23. The number of benzene rings is 1. The van der Waals surface area contributed by atoms with Crippen molar-refractivity contribution in [3.8, 4) is 0 Å². The van der Waals surface area contributed by atoms with Crippen LogP contribution in [0.15, 0.2) is 24.3 Å². The number of thioether (sulfide) groups is 1. The lowest BCUT2D eigenvalue weighted by Crippen LogP contribution is -2.45. The van der Waals surface area contributed by atoms with Gasteiger partial charge in [-0.05, 0) is 31.0 Å². The standard InChI is InChI=1S/C15H23ClN2S/c1-11-12(2)19-9-8-18(11)7-6-15(17)13-4-3-5-14(16)10-13/h3-5,10-12,15H,6-9,17H2,1-2H3. The summed E-state index contributed by atoms with van der Waals surface area (Å²) >= 11 is 8.08. The molecule has 2 nitrogen and oxygen atoms in total. The van der Waals surface area contributed by atoms with Crippen LogP contribution in [0.25, 0.3) is 0 Å². The van der Waals surface area contributed by atoms with E-state index in [9.17, 15) is 0 Å². The SMILES string of the molecule is CC1SCCN(CCC(N)c2cccc(Cl)c2)C1C. The maximum Gasteiger partial charge on any atom is 0.0409 e. The summed E-state index contributed by atoms with van der Waals surface area (Å²) in [4.78, 5) is 2.56. The molecule has 1 aromatic carbocycles. The van der Waals surface area contributed by atoms with Crippen molar-refractivity contribution >= 4 is 23.4 Å². The minimum Gasteiger partial charge on any atom is -0.324 e. The third kappa shape index (κ3) is 4.12. The van der Waals surface area contributed by atoms with Crippen molar-refractivity contribution in [3.05, 3.63) is 34.9 Å². The molecule has 1 aliphatic heterocycles. The second-order valence-corrected chi connectivity index (χ2v) is 7.22. The smallest absolute Gasteiger partial charge is 0.0409 e. The molecule has 4 heteroatoms. The summed E-state index contributed by atoms with van der Waals surface area (Å²) in [5, 5.41) is 1.49. The third-order valence-electron chi connectivity index (χ3n) is 4.02. The van der Waals surface area contributed by atoms with Crippen molar-refractivity contribution in [3.63, 3.8) is 0 Å². The van der Waals surface area contributed by atoms with E-state index in [1.165, 1.54) is 12.3 Å². The van der Waals surface area contributed by atoms with Gasteiger partial charge >= 0.3 is 0 Å². The summed E-state index contributed by atoms with van der Waals surface area (Å²) < 4.78 is 0. The van der Waals surface area contributed by atoms with E-state index in [-0.39, 0.29) is 6.04 Å². The molecule has 3 atom stereocenters. The molecule has 0 radical (unpaired) electrons. The predicted octanol–water partition coefficient (Wildman–Crippen LogP) is 3.56. The molecule has 2 N–H and O–H groups in total. The van der Waals surface area contributed by atoms with Gasteiger partial charge in [0.2, 0.25) is 0 Å². The molecule has 106 valence electrons. The lowest BCUT2D eigenvalue weighted by atomic mass is 10.0. The second-order valence-electron chi connectivity index (χ2n) is 5.30. The van der Waals surface area contributed by atoms with Crippen LogP contribution in [0, 0.1) is 0 Å². The van der Waals surface area contributed by atoms with Gasteiger partial charge in [-0.3, -0.25) is 4.90 Å². The molecule has 0 amide bonds. The Morgan fingerprint density at radius 2 is 2.26 bits per heavy atom. The first-order valence-electron chi connectivity index (χ1n) is 6.94. The molecule has 1 heterocycles. The van der Waals surface area contributed by atoms with Crippen molar-refractivity contribution in [1.29, 1.82) is 0 Å². The molecule has 19 heavy (non-hydrogen) atoms. The van der Waals surface area contributed by atoms with E-state index in [0.717, 1.165) is 28.8 Å². The van der Waals surface area contributed by atoms with E-state index >= 15 is 0 Å². The Morgan fingerprint density at radius 3 is 3.00 bits per heavy atom. The summed E-state index contributed by atoms with van der Waals surface area (Å²) in [6, 6.07) is 8.63. The van der Waals surface area contributed by atoms with Gasteiger partial charge in [0.25, 0.3) is 0 Å². The summed E-state index contributed by atoms with van der Waals surface area (Å²) in [7, 11) is 0. The van der Waals surface area contributed by atoms with E-state index in [2.05, 4.69) is 36.6 Å². The highest BCUT2D eigenvalue weighted by molar-refractivity contribution is 8.00. The summed E-state index contributed by atoms with van der Waals surface area (Å²) in [6.07, 6.45) is 0.988. The zero-order valence-electron chi connectivity index (χ0n) is 11.7. The molecule has 0 aromatic heterocycles. The fourth-order valence-electron chi connectivity index (χ4n) is 2.52. The molecule has 1 saturated heterocycles. The number of hydrogen-bond acceptors (Lipinski definition) is 3. The van der Waals surface area contributed by atoms with Crippen molar-refractivity contribution < 1.29 is 0 Å². The lowest BCUT2D eigenvalue weighted by Gasteiger charge is -2.38. The van der Waals surface area contributed by atoms with Gasteiger partial charge in [0, 0.05) is 41.2 Å². The molecule has 0 saturated carbocycles. The molecule has 1 aliphatic rings. The van der Waals surface area contributed by atoms with E-state index in [1.54, 1.807) is 0 Å². The zero-order chi connectivity index (χ0) is 13.8. The fraction of sp³-hybridized carbons (Fsp3) is 0.600. The van der Waals surface area contributed by atoms with Crippen molar-refractivity contribution in [1.82, 2.24) is 4.90 Å². The highest BCUT2D eigenvalue weighted by atomic mass is 35.5. The largest absolute Gasteiger partial charge is 0.324 e. The molecule has 2 rings (SSSR count). The Hall–Kier alpha value is -0.220. The molecule has 0 spiro atoms. The van der Waals surface area contributed by atoms with Crippen LogP contribution in [0.4, 0.5) is 0 Å². The molecular formula is C15H23ClN2S. The van der Waals surface area contributed by atoms with Crippen LogP contribution in [0.3, 0.4) is 0 Å². The molecule has 1 aromatic rings. The Kier molecular flexibility index (Phi) is 5.58. The Morgan fingerprint density at radius 1 is 1.47 bits per heavy atom. The van der Waals surface area contributed by atoms with Crippen LogP contribution in [0.2, 0.25) is 5.02 Å². The fourth-order valence-corrected chi connectivity index (χ4v) is 3.88. The van der Waals surface area contributed by atoms with Gasteiger partial charge in [0.15, 0.2) is 0 Å². The minimum atomic E-state index is 0.0794. The first kappa shape index (κ1) is 15.2. The van der Waals surface area contributed by atoms with Crippen molar-refractivity contribution in [2.24, 2.45) is 5.73 Å². The van der Waals surface area contributed by atoms with Gasteiger partial charge in [-0.25, -0.2) is 0 Å². The van der Waals surface area contributed by atoms with E-state index in [1.807, 2.05) is 18.2 Å². The third-order valence-corrected chi connectivity index (χ3v) is 5.59. The normalized spacial score (nSPS) is 26.3. The van der Waals surface area contributed by atoms with Crippen LogP contribution in [-0.2, 0) is 0 Å². The zero-order valence-corrected chi connectivity index (χ0v) is 13.3. The second kappa shape index (κ2) is 6.98. The van der Waals surface area contributed by atoms with Crippen LogP contribution >= 0.6 is 23.4 Å². The van der Waals surface area contributed by atoms with Crippen LogP contribution in [0.1, 0.15) is 31.9 Å². The monoisotopic (exact) mass is 298 g/mol. The van der Waals surface area contributed by atoms with E-state index in [4.69, 9.17) is 17.3 Å². The first-order valence-corrected chi connectivity index (χ1v) is 8.37. The quantitative estimate of drug-likeness (QED) is 0.921. The summed E-state index contributed by atoms with van der Waals surface area (Å²) in [6.45, 7) is 6.89. The average molecular weight is 299 g/mol. The van der Waals surface area contributed by atoms with Gasteiger partial charge in [-0.2, -0.15) is 11.8 Å². The molecule has 1 fully saturated rings. The number of nitrogens with two attached hydrogens (primary N) is 1. The van der Waals surface area contributed by atoms with Crippen LogP contribution in [0.5, 0.6) is 0 Å². The molecule has 0 bridgehead atoms. The van der Waals surface area contributed by atoms with E-state index < -0.39 is 0 Å². The van der Waals surface area contributed by atoms with E-state index in [0.29, 0.717) is 6.04 Å². The topological polar surface area (TPSA) is 29.3 Å². The van der Waals surface area contributed by atoms with Crippen LogP contribution < -0.4 is 5.73 Å². The highest BCUT2D eigenvalue weighted by Crippen LogP contribution is 2.25. The number of halogens is 1. The Balaban J connectivity index is 1.88. The Bertz CT molecular complexity index is 413. The molecule has 0 aliphatic carbocycles. The minimum absolute atomic E-state index is 0.0794. The van der Waals surface area contributed by atoms with Gasteiger partial charge < -0.3 is 5.73 Å². The number of hydrogen-bond donors (Lipinski definition) is 1. The van der Waals surface area contributed by atoms with Gasteiger partial charge in [-0.1, -0.05) is 30.7 Å². The maximum atomic E-state index is 6.27. The van der Waals surface area contributed by atoms with Gasteiger partial charge in [-0.15, -0.1) is 0 Å². The van der Waals surface area contributed by atoms with Gasteiger partial charge in [0.1, 0.15) is 0 Å². The first-order chi connectivity index (χ1) is 9.08. The maximum absolute atomic E-state index is 6.27. The van der Waals surface area contributed by atoms with Crippen molar-refractivity contribution in [2.75, 3.05) is 18.8 Å². The van der Waals surface area contributed by atoms with Gasteiger partial charge in [0.05, 0.1) is 0 Å². The number of rotatable bonds is 4. The Labute approximate surface area is 125 Å². The predicted molar refractivity (Wildman–Crippen MR) is 86.0 cm³/mol. The lowest BCUT2D eigenvalue weighted by molar-refractivity contribution is 0.206. The average Bonchev–Trinajstić information content (AvgIpc) is 2.40. The summed E-state index contributed by atoms with van der Waals surface area (Å²) in [5.41, 5.74) is 7.41. The van der Waals surface area contributed by atoms with Crippen molar-refractivity contribution in [2.45, 2.75) is 37.6 Å².